The van der Waals surface area contributed by atoms with Crippen molar-refractivity contribution in [2.24, 2.45) is 5.41 Å². The highest BCUT2D eigenvalue weighted by Crippen LogP contribution is 2.33. The zero-order chi connectivity index (χ0) is 17.3. The third kappa shape index (κ3) is 2.82. The number of nitrogens with zero attached hydrogens (tertiary/aromatic N) is 1. The van der Waals surface area contributed by atoms with E-state index in [-0.39, 0.29) is 19.1 Å². The fourth-order valence-corrected chi connectivity index (χ4v) is 3.99. The predicted molar refractivity (Wildman–Crippen MR) is 93.1 cm³/mol. The maximum absolute atomic E-state index is 13.0. The summed E-state index contributed by atoms with van der Waals surface area (Å²) in [4.78, 5) is 29.5. The van der Waals surface area contributed by atoms with E-state index < -0.39 is 11.4 Å². The lowest BCUT2D eigenvalue weighted by atomic mass is 9.80. The Labute approximate surface area is 147 Å². The number of hydrogen-bond donors (Lipinski definition) is 2. The average Bonchev–Trinajstić information content (AvgIpc) is 3.00. The van der Waals surface area contributed by atoms with Gasteiger partial charge in [0.1, 0.15) is 5.41 Å². The molecule has 0 aliphatic carbocycles. The summed E-state index contributed by atoms with van der Waals surface area (Å²) in [6, 6.07) is 5.68. The summed E-state index contributed by atoms with van der Waals surface area (Å²) in [5.41, 5.74) is 0.383. The van der Waals surface area contributed by atoms with Crippen molar-refractivity contribution < 1.29 is 19.4 Å². The second-order valence-electron chi connectivity index (χ2n) is 6.21. The monoisotopic (exact) mass is 394 g/mol. The Bertz CT molecular complexity index is 784. The first-order valence-corrected chi connectivity index (χ1v) is 8.55. The molecule has 0 saturated carbocycles. The number of rotatable bonds is 4. The number of carbonyl (C=O) groups excluding carboxylic acids is 1. The van der Waals surface area contributed by atoms with Gasteiger partial charge in [-0.15, -0.1) is 0 Å². The number of piperidine rings is 1. The normalized spacial score (nSPS) is 21.2. The van der Waals surface area contributed by atoms with Gasteiger partial charge in [-0.05, 0) is 25.0 Å². The fraction of sp³-hybridized carbons (Fsp3) is 0.412. The van der Waals surface area contributed by atoms with Crippen LogP contribution in [0.5, 0.6) is 0 Å². The first-order chi connectivity index (χ1) is 11.5. The molecule has 1 atom stereocenters. The lowest BCUT2D eigenvalue weighted by Crippen LogP contribution is -2.52. The van der Waals surface area contributed by atoms with Crippen LogP contribution in [-0.2, 0) is 9.53 Å². The van der Waals surface area contributed by atoms with Gasteiger partial charge in [0, 0.05) is 41.8 Å². The molecule has 0 spiro atoms. The number of hydrogen-bond acceptors (Lipinski definition) is 3. The van der Waals surface area contributed by atoms with Crippen LogP contribution in [0.4, 0.5) is 0 Å². The van der Waals surface area contributed by atoms with E-state index >= 15 is 0 Å². The Balaban J connectivity index is 1.93. The Morgan fingerprint density at radius 2 is 2.25 bits per heavy atom. The molecule has 1 amide bonds. The second kappa shape index (κ2) is 6.57. The van der Waals surface area contributed by atoms with Crippen molar-refractivity contribution in [1.82, 2.24) is 9.88 Å². The van der Waals surface area contributed by atoms with Crippen LogP contribution in [0.15, 0.2) is 28.9 Å². The largest absolute Gasteiger partial charge is 0.481 e. The lowest BCUT2D eigenvalue weighted by molar-refractivity contribution is -0.155. The quantitative estimate of drug-likeness (QED) is 0.834. The molecule has 2 aromatic rings. The van der Waals surface area contributed by atoms with Gasteiger partial charge in [-0.1, -0.05) is 22.0 Å². The van der Waals surface area contributed by atoms with Crippen molar-refractivity contribution in [2.45, 2.75) is 12.8 Å². The molecule has 1 unspecified atom stereocenters. The maximum Gasteiger partial charge on any atom is 0.313 e. The van der Waals surface area contributed by atoms with Crippen LogP contribution in [0.25, 0.3) is 10.9 Å². The average molecular weight is 395 g/mol. The molecule has 0 bridgehead atoms. The molecule has 1 fully saturated rings. The van der Waals surface area contributed by atoms with Crippen molar-refractivity contribution in [2.75, 3.05) is 26.8 Å². The summed E-state index contributed by atoms with van der Waals surface area (Å²) in [6.45, 7) is 0.810. The van der Waals surface area contributed by atoms with Crippen LogP contribution < -0.4 is 0 Å². The molecule has 6 nitrogen and oxygen atoms in total. The first-order valence-electron chi connectivity index (χ1n) is 7.76. The van der Waals surface area contributed by atoms with E-state index in [0.717, 1.165) is 15.4 Å². The molecular weight excluding hydrogens is 376 g/mol. The number of carboxylic acid groups (broad SMARTS) is 1. The van der Waals surface area contributed by atoms with Gasteiger partial charge in [-0.25, -0.2) is 0 Å². The van der Waals surface area contributed by atoms with E-state index in [2.05, 4.69) is 20.9 Å². The van der Waals surface area contributed by atoms with E-state index in [1.807, 2.05) is 18.2 Å². The number of carbonyl (C=O) groups is 2. The standard InChI is InChI=1S/C17H19BrN2O4/c1-24-10-17(16(22)23)6-3-7-20(9-17)15(21)11-8-19-13-5-2-4-12(18)14(11)13/h2,4-5,8,19H,3,6-7,9-10H2,1H3,(H,22,23). The van der Waals surface area contributed by atoms with Crippen molar-refractivity contribution >= 4 is 38.7 Å². The number of benzene rings is 1. The summed E-state index contributed by atoms with van der Waals surface area (Å²) in [5.74, 6) is -1.07. The molecule has 0 radical (unpaired) electrons. The topological polar surface area (TPSA) is 82.6 Å². The molecule has 1 aliphatic rings. The van der Waals surface area contributed by atoms with Crippen molar-refractivity contribution in [3.8, 4) is 0 Å². The molecule has 2 N–H and O–H groups in total. The number of ether oxygens (including phenoxy) is 1. The second-order valence-corrected chi connectivity index (χ2v) is 7.07. The van der Waals surface area contributed by atoms with Gasteiger partial charge < -0.3 is 19.7 Å². The Morgan fingerprint density at radius 1 is 1.46 bits per heavy atom. The Morgan fingerprint density at radius 3 is 2.96 bits per heavy atom. The van der Waals surface area contributed by atoms with Gasteiger partial charge in [0.25, 0.3) is 5.91 Å². The summed E-state index contributed by atoms with van der Waals surface area (Å²) in [7, 11) is 1.49. The number of likely N-dealkylation sites (tertiary alicyclic amines) is 1. The van der Waals surface area contributed by atoms with Gasteiger partial charge in [-0.2, -0.15) is 0 Å². The highest BCUT2D eigenvalue weighted by Gasteiger charge is 2.44. The SMILES string of the molecule is COCC1(C(=O)O)CCCN(C(=O)c2c[nH]c3cccc(Br)c23)C1. The number of aromatic amines is 1. The third-order valence-corrected chi connectivity index (χ3v) is 5.28. The molecule has 3 rings (SSSR count). The van der Waals surface area contributed by atoms with Crippen LogP contribution in [0, 0.1) is 5.41 Å². The summed E-state index contributed by atoms with van der Waals surface area (Å²) < 4.78 is 5.96. The highest BCUT2D eigenvalue weighted by molar-refractivity contribution is 9.10. The molecule has 1 aliphatic heterocycles. The zero-order valence-electron chi connectivity index (χ0n) is 13.3. The number of carboxylic acids is 1. The molecule has 1 saturated heterocycles. The molecule has 128 valence electrons. The van der Waals surface area contributed by atoms with Crippen molar-refractivity contribution in [3.05, 3.63) is 34.4 Å². The van der Waals surface area contributed by atoms with Crippen molar-refractivity contribution in [1.29, 1.82) is 0 Å². The number of H-pyrrole nitrogens is 1. The van der Waals surface area contributed by atoms with Gasteiger partial charge in [0.05, 0.1) is 12.2 Å². The molecule has 7 heteroatoms. The number of nitrogens with one attached hydrogen (secondary N) is 1. The fourth-order valence-electron chi connectivity index (χ4n) is 3.41. The number of amides is 1. The smallest absolute Gasteiger partial charge is 0.313 e. The Hall–Kier alpha value is -1.86. The van der Waals surface area contributed by atoms with Gasteiger partial charge in [0.2, 0.25) is 0 Å². The number of aliphatic carboxylic acids is 1. The van der Waals surface area contributed by atoms with E-state index in [1.54, 1.807) is 11.1 Å². The number of fused-ring (bicyclic) bond motifs is 1. The minimum absolute atomic E-state index is 0.101. The minimum Gasteiger partial charge on any atom is -0.481 e. The summed E-state index contributed by atoms with van der Waals surface area (Å²) >= 11 is 3.48. The third-order valence-electron chi connectivity index (χ3n) is 4.62. The van der Waals surface area contributed by atoms with Crippen LogP contribution in [0.3, 0.4) is 0 Å². The molecule has 1 aromatic carbocycles. The lowest BCUT2D eigenvalue weighted by Gasteiger charge is -2.39. The summed E-state index contributed by atoms with van der Waals surface area (Å²) in [6.07, 6.45) is 2.84. The minimum atomic E-state index is -1.04. The van der Waals surface area contributed by atoms with E-state index in [1.165, 1.54) is 7.11 Å². The van der Waals surface area contributed by atoms with Crippen LogP contribution in [0.1, 0.15) is 23.2 Å². The van der Waals surface area contributed by atoms with Gasteiger partial charge >= 0.3 is 5.97 Å². The van der Waals surface area contributed by atoms with Crippen LogP contribution in [-0.4, -0.2) is 53.7 Å². The molecular formula is C17H19BrN2O4. The number of methoxy groups -OCH3 is 1. The first kappa shape index (κ1) is 17.0. The molecule has 24 heavy (non-hydrogen) atoms. The predicted octanol–water partition coefficient (Wildman–Crippen LogP) is 2.88. The van der Waals surface area contributed by atoms with E-state index in [0.29, 0.717) is 24.9 Å². The highest BCUT2D eigenvalue weighted by atomic mass is 79.9. The van der Waals surface area contributed by atoms with Crippen molar-refractivity contribution in [3.63, 3.8) is 0 Å². The Kier molecular flexibility index (Phi) is 4.64. The molecule has 2 heterocycles. The number of aromatic nitrogens is 1. The van der Waals surface area contributed by atoms with Crippen LogP contribution >= 0.6 is 15.9 Å². The number of halogens is 1. The van der Waals surface area contributed by atoms with E-state index in [4.69, 9.17) is 4.74 Å². The molecule has 1 aromatic heterocycles. The van der Waals surface area contributed by atoms with Gasteiger partial charge in [0.15, 0.2) is 0 Å². The summed E-state index contributed by atoms with van der Waals surface area (Å²) in [5, 5.41) is 10.5. The maximum atomic E-state index is 13.0. The van der Waals surface area contributed by atoms with E-state index in [9.17, 15) is 14.7 Å². The zero-order valence-corrected chi connectivity index (χ0v) is 14.9. The van der Waals surface area contributed by atoms with Crippen LogP contribution in [0.2, 0.25) is 0 Å². The van der Waals surface area contributed by atoms with Gasteiger partial charge in [-0.3, -0.25) is 9.59 Å².